The number of hydrogen-bond acceptors (Lipinski definition) is 0. The zero-order chi connectivity index (χ0) is 13.2. The monoisotopic (exact) mass is 260 g/mol. The van der Waals surface area contributed by atoms with Crippen LogP contribution in [0.1, 0.15) is 78.1 Å². The van der Waals surface area contributed by atoms with E-state index in [4.69, 9.17) is 0 Å². The Morgan fingerprint density at radius 3 is 2.74 bits per heavy atom. The molecule has 0 bridgehead atoms. The third-order valence-electron chi connectivity index (χ3n) is 6.71. The summed E-state index contributed by atoms with van der Waals surface area (Å²) in [5.41, 5.74) is 1.85. The summed E-state index contributed by atoms with van der Waals surface area (Å²) in [6.07, 6.45) is 17.4. The molecular weight excluding hydrogens is 228 g/mol. The van der Waals surface area contributed by atoms with Crippen molar-refractivity contribution in [2.75, 3.05) is 0 Å². The van der Waals surface area contributed by atoms with E-state index in [1.165, 1.54) is 51.4 Å². The predicted molar refractivity (Wildman–Crippen MR) is 83.1 cm³/mol. The van der Waals surface area contributed by atoms with Crippen LogP contribution in [0.5, 0.6) is 0 Å². The first kappa shape index (κ1) is 13.7. The SMILES string of the molecule is CCC1CCC(C2CCC3=CCCCC3C2)C1CC. The molecular formula is C19H32. The van der Waals surface area contributed by atoms with Gasteiger partial charge in [-0.3, -0.25) is 0 Å². The molecule has 3 aliphatic carbocycles. The van der Waals surface area contributed by atoms with Gasteiger partial charge in [-0.2, -0.15) is 0 Å². The summed E-state index contributed by atoms with van der Waals surface area (Å²) in [6.45, 7) is 4.86. The van der Waals surface area contributed by atoms with E-state index in [0.29, 0.717) is 0 Å². The van der Waals surface area contributed by atoms with Crippen molar-refractivity contribution >= 4 is 0 Å². The summed E-state index contributed by atoms with van der Waals surface area (Å²) < 4.78 is 0. The van der Waals surface area contributed by atoms with Crippen LogP contribution in [0.15, 0.2) is 11.6 Å². The molecule has 5 unspecified atom stereocenters. The first-order valence-corrected chi connectivity index (χ1v) is 9.02. The normalized spacial score (nSPS) is 42.8. The van der Waals surface area contributed by atoms with Gasteiger partial charge >= 0.3 is 0 Å². The zero-order valence-electron chi connectivity index (χ0n) is 13.0. The van der Waals surface area contributed by atoms with Crippen molar-refractivity contribution in [3.63, 3.8) is 0 Å². The number of rotatable bonds is 3. The molecule has 0 nitrogen and oxygen atoms in total. The number of fused-ring (bicyclic) bond motifs is 1. The molecule has 0 aromatic heterocycles. The van der Waals surface area contributed by atoms with Crippen LogP contribution in [0, 0.1) is 29.6 Å². The van der Waals surface area contributed by atoms with E-state index in [9.17, 15) is 0 Å². The molecule has 0 aliphatic heterocycles. The Labute approximate surface area is 120 Å². The Hall–Kier alpha value is -0.260. The van der Waals surface area contributed by atoms with Crippen LogP contribution in [0.3, 0.4) is 0 Å². The Morgan fingerprint density at radius 2 is 1.95 bits per heavy atom. The molecule has 0 radical (unpaired) electrons. The minimum absolute atomic E-state index is 0.991. The Bertz CT molecular complexity index is 327. The van der Waals surface area contributed by atoms with Gasteiger partial charge in [-0.1, -0.05) is 38.3 Å². The van der Waals surface area contributed by atoms with Crippen LogP contribution in [-0.4, -0.2) is 0 Å². The smallest absolute Gasteiger partial charge is 0.0200 e. The second kappa shape index (κ2) is 6.02. The fourth-order valence-electron chi connectivity index (χ4n) is 5.72. The largest absolute Gasteiger partial charge is 0.0851 e. The topological polar surface area (TPSA) is 0 Å². The van der Waals surface area contributed by atoms with Gasteiger partial charge in [-0.15, -0.1) is 0 Å². The van der Waals surface area contributed by atoms with Gasteiger partial charge in [0.2, 0.25) is 0 Å². The fraction of sp³-hybridized carbons (Fsp3) is 0.895. The minimum atomic E-state index is 0.991. The van der Waals surface area contributed by atoms with Crippen molar-refractivity contribution in [1.29, 1.82) is 0 Å². The van der Waals surface area contributed by atoms with Crippen molar-refractivity contribution in [1.82, 2.24) is 0 Å². The van der Waals surface area contributed by atoms with Crippen molar-refractivity contribution in [2.24, 2.45) is 29.6 Å². The average Bonchev–Trinajstić information content (AvgIpc) is 2.89. The molecule has 0 spiro atoms. The minimum Gasteiger partial charge on any atom is -0.0851 e. The lowest BCUT2D eigenvalue weighted by Crippen LogP contribution is -2.28. The third-order valence-corrected chi connectivity index (χ3v) is 6.71. The third kappa shape index (κ3) is 2.65. The van der Waals surface area contributed by atoms with E-state index in [2.05, 4.69) is 19.9 Å². The molecule has 3 rings (SSSR count). The maximum atomic E-state index is 2.59. The molecule has 108 valence electrons. The summed E-state index contributed by atoms with van der Waals surface area (Å²) in [5, 5.41) is 0. The highest BCUT2D eigenvalue weighted by molar-refractivity contribution is 5.13. The highest BCUT2D eigenvalue weighted by atomic mass is 14.5. The summed E-state index contributed by atoms with van der Waals surface area (Å²) in [4.78, 5) is 0. The zero-order valence-corrected chi connectivity index (χ0v) is 13.0. The summed E-state index contributed by atoms with van der Waals surface area (Å²) in [7, 11) is 0. The van der Waals surface area contributed by atoms with Gasteiger partial charge in [0, 0.05) is 0 Å². The second-order valence-corrected chi connectivity index (χ2v) is 7.42. The van der Waals surface area contributed by atoms with Crippen LogP contribution < -0.4 is 0 Å². The molecule has 0 heteroatoms. The first-order chi connectivity index (χ1) is 9.33. The lowest BCUT2D eigenvalue weighted by atomic mass is 9.66. The standard InChI is InChI=1S/C19H32/c1-3-14-11-12-19(18(14)4-2)17-10-9-15-7-5-6-8-16(15)13-17/h7,14,16-19H,3-6,8-13H2,1-2H3. The fourth-order valence-corrected chi connectivity index (χ4v) is 5.72. The van der Waals surface area contributed by atoms with E-state index < -0.39 is 0 Å². The van der Waals surface area contributed by atoms with Crippen LogP contribution in [0.2, 0.25) is 0 Å². The molecule has 5 atom stereocenters. The molecule has 19 heavy (non-hydrogen) atoms. The quantitative estimate of drug-likeness (QED) is 0.548. The molecule has 3 aliphatic rings. The highest BCUT2D eigenvalue weighted by Gasteiger charge is 2.40. The highest BCUT2D eigenvalue weighted by Crippen LogP contribution is 2.51. The van der Waals surface area contributed by atoms with Crippen LogP contribution >= 0.6 is 0 Å². The Balaban J connectivity index is 1.66. The van der Waals surface area contributed by atoms with Gasteiger partial charge in [0.15, 0.2) is 0 Å². The Morgan fingerprint density at radius 1 is 1.05 bits per heavy atom. The van der Waals surface area contributed by atoms with E-state index in [1.807, 2.05) is 5.57 Å². The summed E-state index contributed by atoms with van der Waals surface area (Å²) in [6, 6.07) is 0. The molecule has 2 fully saturated rings. The molecule has 0 N–H and O–H groups in total. The molecule has 0 heterocycles. The summed E-state index contributed by atoms with van der Waals surface area (Å²) in [5.74, 6) is 5.26. The van der Waals surface area contributed by atoms with Gasteiger partial charge in [0.05, 0.1) is 0 Å². The van der Waals surface area contributed by atoms with Gasteiger partial charge in [0.25, 0.3) is 0 Å². The van der Waals surface area contributed by atoms with Gasteiger partial charge in [-0.25, -0.2) is 0 Å². The van der Waals surface area contributed by atoms with E-state index in [1.54, 1.807) is 12.8 Å². The van der Waals surface area contributed by atoms with Crippen LogP contribution in [0.25, 0.3) is 0 Å². The van der Waals surface area contributed by atoms with E-state index >= 15 is 0 Å². The maximum absolute atomic E-state index is 2.59. The Kier molecular flexibility index (Phi) is 4.34. The van der Waals surface area contributed by atoms with Crippen molar-refractivity contribution < 1.29 is 0 Å². The van der Waals surface area contributed by atoms with Crippen molar-refractivity contribution in [3.05, 3.63) is 11.6 Å². The van der Waals surface area contributed by atoms with Gasteiger partial charge < -0.3 is 0 Å². The van der Waals surface area contributed by atoms with Crippen LogP contribution in [-0.2, 0) is 0 Å². The first-order valence-electron chi connectivity index (χ1n) is 9.02. The lowest BCUT2D eigenvalue weighted by molar-refractivity contribution is 0.162. The molecule has 0 saturated heterocycles. The van der Waals surface area contributed by atoms with Crippen molar-refractivity contribution in [2.45, 2.75) is 78.1 Å². The summed E-state index contributed by atoms with van der Waals surface area (Å²) >= 11 is 0. The molecule has 2 saturated carbocycles. The number of allylic oxidation sites excluding steroid dienone is 2. The number of hydrogen-bond donors (Lipinski definition) is 0. The second-order valence-electron chi connectivity index (χ2n) is 7.42. The lowest BCUT2D eigenvalue weighted by Gasteiger charge is -2.39. The molecule has 0 aromatic carbocycles. The van der Waals surface area contributed by atoms with E-state index in [0.717, 1.165) is 29.6 Å². The predicted octanol–water partition coefficient (Wildman–Crippen LogP) is 5.98. The van der Waals surface area contributed by atoms with Crippen LogP contribution in [0.4, 0.5) is 0 Å². The maximum Gasteiger partial charge on any atom is -0.0200 e. The van der Waals surface area contributed by atoms with Gasteiger partial charge in [0.1, 0.15) is 0 Å². The average molecular weight is 260 g/mol. The van der Waals surface area contributed by atoms with Gasteiger partial charge in [-0.05, 0) is 81.0 Å². The molecule has 0 aromatic rings. The van der Waals surface area contributed by atoms with Crippen molar-refractivity contribution in [3.8, 4) is 0 Å². The molecule has 0 amide bonds. The van der Waals surface area contributed by atoms with E-state index in [-0.39, 0.29) is 0 Å².